The minimum atomic E-state index is -0.185. The van der Waals surface area contributed by atoms with Crippen molar-refractivity contribution in [3.63, 3.8) is 0 Å². The summed E-state index contributed by atoms with van der Waals surface area (Å²) in [6.45, 7) is 7.12. The summed E-state index contributed by atoms with van der Waals surface area (Å²) in [6, 6.07) is 8.60. The lowest BCUT2D eigenvalue weighted by molar-refractivity contribution is 0.353. The first kappa shape index (κ1) is 14.9. The van der Waals surface area contributed by atoms with Crippen LogP contribution in [0.15, 0.2) is 28.7 Å². The molecule has 0 aromatic heterocycles. The predicted molar refractivity (Wildman–Crippen MR) is 91.7 cm³/mol. The van der Waals surface area contributed by atoms with E-state index in [0.29, 0.717) is 0 Å². The lowest BCUT2D eigenvalue weighted by Gasteiger charge is -2.19. The van der Waals surface area contributed by atoms with Crippen LogP contribution in [0.2, 0.25) is 0 Å². The van der Waals surface area contributed by atoms with E-state index in [9.17, 15) is 0 Å². The van der Waals surface area contributed by atoms with Gasteiger partial charge >= 0.3 is 0 Å². The fourth-order valence-electron chi connectivity index (χ4n) is 3.23. The van der Waals surface area contributed by atoms with Crippen LogP contribution in [0.1, 0.15) is 38.8 Å². The van der Waals surface area contributed by atoms with E-state index in [2.05, 4.69) is 61.0 Å². The molecular formula is C18H18BrClO. The number of benzene rings is 2. The molecule has 0 N–H and O–H groups in total. The third-order valence-corrected chi connectivity index (χ3v) is 4.95. The minimum absolute atomic E-state index is 0.185. The first-order valence-electron chi connectivity index (χ1n) is 7.14. The van der Waals surface area contributed by atoms with Gasteiger partial charge in [0.2, 0.25) is 0 Å². The van der Waals surface area contributed by atoms with Gasteiger partial charge in [-0.25, -0.2) is 0 Å². The number of hydrogen-bond donors (Lipinski definition) is 0. The molecule has 1 atom stereocenters. The van der Waals surface area contributed by atoms with Gasteiger partial charge in [-0.3, -0.25) is 0 Å². The summed E-state index contributed by atoms with van der Waals surface area (Å²) in [6.07, 6.45) is 0.956. The maximum Gasteiger partial charge on any atom is 0.127 e. The van der Waals surface area contributed by atoms with Crippen molar-refractivity contribution in [2.75, 3.05) is 6.61 Å². The maximum atomic E-state index is 6.85. The summed E-state index contributed by atoms with van der Waals surface area (Å²) in [7, 11) is 0. The first-order chi connectivity index (χ1) is 9.97. The molecular weight excluding hydrogens is 348 g/mol. The summed E-state index contributed by atoms with van der Waals surface area (Å²) < 4.78 is 6.89. The lowest BCUT2D eigenvalue weighted by atomic mass is 9.92. The van der Waals surface area contributed by atoms with E-state index < -0.39 is 0 Å². The summed E-state index contributed by atoms with van der Waals surface area (Å²) in [5.74, 6) is 0.970. The van der Waals surface area contributed by atoms with E-state index >= 15 is 0 Å². The molecule has 2 aromatic rings. The summed E-state index contributed by atoms with van der Waals surface area (Å²) in [5.41, 5.74) is 7.24. The molecule has 0 saturated carbocycles. The molecule has 1 aliphatic heterocycles. The second-order valence-corrected chi connectivity index (χ2v) is 7.11. The topological polar surface area (TPSA) is 9.23 Å². The Kier molecular flexibility index (Phi) is 4.02. The summed E-state index contributed by atoms with van der Waals surface area (Å²) in [4.78, 5) is 0. The predicted octanol–water partition coefficient (Wildman–Crippen LogP) is 5.64. The van der Waals surface area contributed by atoms with Crippen molar-refractivity contribution in [1.29, 1.82) is 0 Å². The molecule has 0 fully saturated rings. The number of alkyl halides is 1. The van der Waals surface area contributed by atoms with Crippen LogP contribution in [0.3, 0.4) is 0 Å². The quantitative estimate of drug-likeness (QED) is 0.626. The van der Waals surface area contributed by atoms with Gasteiger partial charge in [-0.2, -0.15) is 0 Å². The van der Waals surface area contributed by atoms with Gasteiger partial charge in [0, 0.05) is 16.5 Å². The number of hydrogen-bond acceptors (Lipinski definition) is 1. The number of aryl methyl sites for hydroxylation is 3. The van der Waals surface area contributed by atoms with Crippen molar-refractivity contribution in [2.45, 2.75) is 32.6 Å². The van der Waals surface area contributed by atoms with Gasteiger partial charge < -0.3 is 4.74 Å². The van der Waals surface area contributed by atoms with E-state index in [1.54, 1.807) is 0 Å². The second kappa shape index (κ2) is 5.66. The molecule has 1 heterocycles. The largest absolute Gasteiger partial charge is 0.493 e. The highest BCUT2D eigenvalue weighted by Crippen LogP contribution is 2.43. The molecule has 110 valence electrons. The molecule has 3 heteroatoms. The molecule has 0 radical (unpaired) electrons. The molecule has 0 amide bonds. The zero-order valence-electron chi connectivity index (χ0n) is 12.5. The van der Waals surface area contributed by atoms with Crippen molar-refractivity contribution in [3.8, 4) is 5.75 Å². The SMILES string of the molecule is Cc1cc(C)c(C(Cl)c2cc(Br)cc3c2OCC3)c(C)c1. The van der Waals surface area contributed by atoms with E-state index in [1.165, 1.54) is 27.8 Å². The highest BCUT2D eigenvalue weighted by Gasteiger charge is 2.25. The number of rotatable bonds is 2. The van der Waals surface area contributed by atoms with Crippen LogP contribution >= 0.6 is 27.5 Å². The third kappa shape index (κ3) is 2.72. The smallest absolute Gasteiger partial charge is 0.127 e. The molecule has 0 aliphatic carbocycles. The molecule has 0 spiro atoms. The van der Waals surface area contributed by atoms with E-state index in [1.807, 2.05) is 0 Å². The molecule has 21 heavy (non-hydrogen) atoms. The zero-order valence-corrected chi connectivity index (χ0v) is 14.8. The maximum absolute atomic E-state index is 6.85. The Morgan fingerprint density at radius 1 is 1.10 bits per heavy atom. The van der Waals surface area contributed by atoms with E-state index in [-0.39, 0.29) is 5.38 Å². The Labute approximate surface area is 139 Å². The van der Waals surface area contributed by atoms with Crippen LogP contribution in [-0.2, 0) is 6.42 Å². The van der Waals surface area contributed by atoms with Gasteiger partial charge in [-0.05, 0) is 55.2 Å². The molecule has 3 rings (SSSR count). The fourth-order valence-corrected chi connectivity index (χ4v) is 4.26. The van der Waals surface area contributed by atoms with Crippen LogP contribution in [0, 0.1) is 20.8 Å². The highest BCUT2D eigenvalue weighted by molar-refractivity contribution is 9.10. The van der Waals surface area contributed by atoms with Crippen molar-refractivity contribution in [1.82, 2.24) is 0 Å². The van der Waals surface area contributed by atoms with Gasteiger partial charge in [0.1, 0.15) is 5.75 Å². The molecule has 1 unspecified atom stereocenters. The van der Waals surface area contributed by atoms with Crippen LogP contribution in [0.5, 0.6) is 5.75 Å². The van der Waals surface area contributed by atoms with Crippen molar-refractivity contribution >= 4 is 27.5 Å². The Bertz CT molecular complexity index is 686. The zero-order chi connectivity index (χ0) is 15.1. The Morgan fingerprint density at radius 3 is 2.43 bits per heavy atom. The van der Waals surface area contributed by atoms with E-state index in [4.69, 9.17) is 16.3 Å². The monoisotopic (exact) mass is 364 g/mol. The average molecular weight is 366 g/mol. The van der Waals surface area contributed by atoms with Crippen LogP contribution in [0.4, 0.5) is 0 Å². The average Bonchev–Trinajstić information content (AvgIpc) is 2.84. The van der Waals surface area contributed by atoms with Crippen LogP contribution < -0.4 is 4.74 Å². The van der Waals surface area contributed by atoms with Crippen LogP contribution in [0.25, 0.3) is 0 Å². The normalized spacial score (nSPS) is 14.7. The van der Waals surface area contributed by atoms with Gasteiger partial charge in [-0.15, -0.1) is 11.6 Å². The van der Waals surface area contributed by atoms with Crippen molar-refractivity contribution in [3.05, 3.63) is 62.1 Å². The Balaban J connectivity index is 2.14. The van der Waals surface area contributed by atoms with Gasteiger partial charge in [0.25, 0.3) is 0 Å². The van der Waals surface area contributed by atoms with Gasteiger partial charge in [0.05, 0.1) is 12.0 Å². The molecule has 1 aliphatic rings. The number of fused-ring (bicyclic) bond motifs is 1. The first-order valence-corrected chi connectivity index (χ1v) is 8.37. The van der Waals surface area contributed by atoms with Crippen LogP contribution in [-0.4, -0.2) is 6.61 Å². The Hall–Kier alpha value is -0.990. The van der Waals surface area contributed by atoms with Gasteiger partial charge in [0.15, 0.2) is 0 Å². The summed E-state index contributed by atoms with van der Waals surface area (Å²) in [5, 5.41) is -0.185. The number of halogens is 2. The Morgan fingerprint density at radius 2 is 1.76 bits per heavy atom. The highest BCUT2D eigenvalue weighted by atomic mass is 79.9. The molecule has 0 bridgehead atoms. The standard InChI is InChI=1S/C18H18BrClO/c1-10-6-11(2)16(12(3)7-10)17(20)15-9-14(19)8-13-4-5-21-18(13)15/h6-9,17H,4-5H2,1-3H3. The molecule has 2 aromatic carbocycles. The third-order valence-electron chi connectivity index (χ3n) is 4.04. The second-order valence-electron chi connectivity index (χ2n) is 5.76. The number of ether oxygens (including phenoxy) is 1. The van der Waals surface area contributed by atoms with E-state index in [0.717, 1.165) is 28.8 Å². The molecule has 1 nitrogen and oxygen atoms in total. The van der Waals surface area contributed by atoms with Gasteiger partial charge in [-0.1, -0.05) is 33.6 Å². The lowest BCUT2D eigenvalue weighted by Crippen LogP contribution is -2.02. The van der Waals surface area contributed by atoms with Crippen molar-refractivity contribution < 1.29 is 4.74 Å². The minimum Gasteiger partial charge on any atom is -0.493 e. The summed E-state index contributed by atoms with van der Waals surface area (Å²) >= 11 is 10.4. The van der Waals surface area contributed by atoms with Crippen molar-refractivity contribution in [2.24, 2.45) is 0 Å². The fraction of sp³-hybridized carbons (Fsp3) is 0.333. The molecule has 0 saturated heterocycles.